The Hall–Kier alpha value is -1.33. The first-order chi connectivity index (χ1) is 9.20. The molecular weight excluding hydrogens is 244 g/mol. The summed E-state index contributed by atoms with van der Waals surface area (Å²) in [5.41, 5.74) is 1.42. The molecule has 106 valence electrons. The molecule has 1 aromatic rings. The molecule has 1 heterocycles. The van der Waals surface area contributed by atoms with Gasteiger partial charge in [0.1, 0.15) is 5.69 Å². The number of methoxy groups -OCH3 is 1. The van der Waals surface area contributed by atoms with E-state index in [1.807, 2.05) is 6.07 Å². The van der Waals surface area contributed by atoms with Gasteiger partial charge in [-0.1, -0.05) is 12.8 Å². The van der Waals surface area contributed by atoms with Gasteiger partial charge in [-0.3, -0.25) is 0 Å². The molecule has 1 aliphatic rings. The average molecular weight is 266 g/mol. The van der Waals surface area contributed by atoms with E-state index in [1.165, 1.54) is 13.5 Å². The van der Waals surface area contributed by atoms with Crippen LogP contribution < -0.4 is 5.32 Å². The molecular formula is C14H22N2O3. The van der Waals surface area contributed by atoms with Gasteiger partial charge < -0.3 is 20.1 Å². The summed E-state index contributed by atoms with van der Waals surface area (Å²) in [4.78, 5) is 14.3. The first kappa shape index (κ1) is 14.1. The highest BCUT2D eigenvalue weighted by atomic mass is 16.5. The first-order valence-electron chi connectivity index (χ1n) is 6.85. The number of nitrogens with one attached hydrogen (secondary N) is 2. The molecule has 2 rings (SSSR count). The van der Waals surface area contributed by atoms with E-state index in [4.69, 9.17) is 0 Å². The molecule has 19 heavy (non-hydrogen) atoms. The molecule has 0 radical (unpaired) electrons. The number of aliphatic hydroxyl groups excluding tert-OH is 1. The summed E-state index contributed by atoms with van der Waals surface area (Å²) in [5.74, 6) is -0.00209. The highest BCUT2D eigenvalue weighted by Crippen LogP contribution is 2.23. The third-order valence-corrected chi connectivity index (χ3v) is 3.74. The fourth-order valence-electron chi connectivity index (χ4n) is 2.59. The zero-order chi connectivity index (χ0) is 13.7. The molecule has 1 saturated carbocycles. The van der Waals surface area contributed by atoms with Crippen molar-refractivity contribution >= 4 is 5.97 Å². The number of aromatic nitrogens is 1. The number of hydrogen-bond donors (Lipinski definition) is 3. The van der Waals surface area contributed by atoms with Crippen molar-refractivity contribution in [3.8, 4) is 0 Å². The van der Waals surface area contributed by atoms with Crippen LogP contribution in [0.15, 0.2) is 12.1 Å². The topological polar surface area (TPSA) is 74.3 Å². The van der Waals surface area contributed by atoms with Gasteiger partial charge in [-0.05, 0) is 30.9 Å². The van der Waals surface area contributed by atoms with Crippen LogP contribution in [0.1, 0.15) is 41.9 Å². The molecule has 0 aromatic carbocycles. The summed E-state index contributed by atoms with van der Waals surface area (Å²) in [7, 11) is 1.37. The van der Waals surface area contributed by atoms with E-state index >= 15 is 0 Å². The van der Waals surface area contributed by atoms with Crippen LogP contribution in [0.3, 0.4) is 0 Å². The molecule has 3 N–H and O–H groups in total. The quantitative estimate of drug-likeness (QED) is 0.705. The lowest BCUT2D eigenvalue weighted by Gasteiger charge is -2.27. The van der Waals surface area contributed by atoms with E-state index in [-0.39, 0.29) is 12.1 Å². The monoisotopic (exact) mass is 266 g/mol. The lowest BCUT2D eigenvalue weighted by Crippen LogP contribution is -2.33. The maximum absolute atomic E-state index is 11.3. The number of carbonyl (C=O) groups is 1. The van der Waals surface area contributed by atoms with Crippen LogP contribution in [-0.2, 0) is 11.3 Å². The second-order valence-corrected chi connectivity index (χ2v) is 5.13. The molecule has 2 atom stereocenters. The minimum Gasteiger partial charge on any atom is -0.464 e. The second-order valence-electron chi connectivity index (χ2n) is 5.13. The van der Waals surface area contributed by atoms with Crippen molar-refractivity contribution < 1.29 is 14.6 Å². The standard InChI is InChI=1S/C14H22N2O3/c1-19-14(18)12-7-6-11(16-12)9-15-8-10-4-2-3-5-13(10)17/h6-7,10,13,15-17H,2-5,8-9H2,1H3. The van der Waals surface area contributed by atoms with Crippen LogP contribution in [-0.4, -0.2) is 35.8 Å². The molecule has 0 saturated heterocycles. The lowest BCUT2D eigenvalue weighted by atomic mass is 9.86. The van der Waals surface area contributed by atoms with Gasteiger partial charge in [-0.2, -0.15) is 0 Å². The van der Waals surface area contributed by atoms with Gasteiger partial charge in [0.25, 0.3) is 0 Å². The third kappa shape index (κ3) is 3.81. The Morgan fingerprint density at radius 2 is 2.26 bits per heavy atom. The number of aromatic amines is 1. The Labute approximate surface area is 113 Å². The number of aliphatic hydroxyl groups is 1. The summed E-state index contributed by atoms with van der Waals surface area (Å²) < 4.78 is 4.64. The lowest BCUT2D eigenvalue weighted by molar-refractivity contribution is 0.0594. The first-order valence-corrected chi connectivity index (χ1v) is 6.85. The van der Waals surface area contributed by atoms with Gasteiger partial charge in [0.2, 0.25) is 0 Å². The number of carbonyl (C=O) groups excluding carboxylic acids is 1. The summed E-state index contributed by atoms with van der Waals surface area (Å²) in [6, 6.07) is 3.59. The van der Waals surface area contributed by atoms with E-state index in [9.17, 15) is 9.90 Å². The number of hydrogen-bond acceptors (Lipinski definition) is 4. The number of ether oxygens (including phenoxy) is 1. The molecule has 0 aliphatic heterocycles. The fourth-order valence-corrected chi connectivity index (χ4v) is 2.59. The van der Waals surface area contributed by atoms with Crippen molar-refractivity contribution in [2.24, 2.45) is 5.92 Å². The molecule has 5 nitrogen and oxygen atoms in total. The molecule has 1 fully saturated rings. The highest BCUT2D eigenvalue weighted by Gasteiger charge is 2.22. The maximum Gasteiger partial charge on any atom is 0.354 e. The molecule has 1 aliphatic carbocycles. The van der Waals surface area contributed by atoms with Gasteiger partial charge in [-0.15, -0.1) is 0 Å². The van der Waals surface area contributed by atoms with Crippen molar-refractivity contribution in [3.63, 3.8) is 0 Å². The van der Waals surface area contributed by atoms with E-state index < -0.39 is 0 Å². The second kappa shape index (κ2) is 6.73. The SMILES string of the molecule is COC(=O)c1ccc(CNCC2CCCCC2O)[nH]1. The van der Waals surface area contributed by atoms with Crippen molar-refractivity contribution in [2.45, 2.75) is 38.3 Å². The fraction of sp³-hybridized carbons (Fsp3) is 0.643. The number of rotatable bonds is 5. The Bertz CT molecular complexity index is 417. The van der Waals surface area contributed by atoms with Crippen molar-refractivity contribution in [1.82, 2.24) is 10.3 Å². The van der Waals surface area contributed by atoms with E-state index in [0.29, 0.717) is 18.2 Å². The predicted octanol–water partition coefficient (Wildman–Crippen LogP) is 1.44. The predicted molar refractivity (Wildman–Crippen MR) is 71.8 cm³/mol. The largest absolute Gasteiger partial charge is 0.464 e. The Morgan fingerprint density at radius 1 is 1.47 bits per heavy atom. The normalized spacial score (nSPS) is 23.3. The minimum absolute atomic E-state index is 0.171. The van der Waals surface area contributed by atoms with Gasteiger partial charge in [0.05, 0.1) is 13.2 Å². The smallest absolute Gasteiger partial charge is 0.354 e. The number of esters is 1. The molecule has 5 heteroatoms. The zero-order valence-corrected chi connectivity index (χ0v) is 11.3. The van der Waals surface area contributed by atoms with Crippen LogP contribution >= 0.6 is 0 Å². The van der Waals surface area contributed by atoms with Crippen LogP contribution in [0.2, 0.25) is 0 Å². The van der Waals surface area contributed by atoms with Crippen molar-refractivity contribution in [1.29, 1.82) is 0 Å². The summed E-state index contributed by atoms with van der Waals surface area (Å²) in [5, 5.41) is 13.2. The number of H-pyrrole nitrogens is 1. The van der Waals surface area contributed by atoms with Gasteiger partial charge in [0.15, 0.2) is 0 Å². The molecule has 0 spiro atoms. The molecule has 2 unspecified atom stereocenters. The zero-order valence-electron chi connectivity index (χ0n) is 11.3. The average Bonchev–Trinajstić information content (AvgIpc) is 2.89. The van der Waals surface area contributed by atoms with Crippen molar-refractivity contribution in [2.75, 3.05) is 13.7 Å². The van der Waals surface area contributed by atoms with Gasteiger partial charge in [0, 0.05) is 18.8 Å². The summed E-state index contributed by atoms with van der Waals surface area (Å²) >= 11 is 0. The summed E-state index contributed by atoms with van der Waals surface area (Å²) in [6.45, 7) is 1.48. The van der Waals surface area contributed by atoms with Gasteiger partial charge in [-0.25, -0.2) is 4.79 Å². The van der Waals surface area contributed by atoms with Crippen LogP contribution in [0.4, 0.5) is 0 Å². The van der Waals surface area contributed by atoms with Crippen molar-refractivity contribution in [3.05, 3.63) is 23.5 Å². The Morgan fingerprint density at radius 3 is 3.00 bits per heavy atom. The maximum atomic E-state index is 11.3. The van der Waals surface area contributed by atoms with E-state index in [0.717, 1.165) is 31.5 Å². The van der Waals surface area contributed by atoms with E-state index in [1.54, 1.807) is 6.07 Å². The Balaban J connectivity index is 1.76. The molecule has 0 bridgehead atoms. The highest BCUT2D eigenvalue weighted by molar-refractivity contribution is 5.87. The van der Waals surface area contributed by atoms with E-state index in [2.05, 4.69) is 15.0 Å². The Kier molecular flexibility index (Phi) is 4.99. The van der Waals surface area contributed by atoms with Crippen LogP contribution in [0.25, 0.3) is 0 Å². The van der Waals surface area contributed by atoms with Gasteiger partial charge >= 0.3 is 5.97 Å². The minimum atomic E-state index is -0.353. The van der Waals surface area contributed by atoms with Crippen LogP contribution in [0.5, 0.6) is 0 Å². The van der Waals surface area contributed by atoms with Crippen LogP contribution in [0, 0.1) is 5.92 Å². The molecule has 0 amide bonds. The summed E-state index contributed by atoms with van der Waals surface area (Å²) in [6.07, 6.45) is 4.18. The molecule has 1 aromatic heterocycles. The third-order valence-electron chi connectivity index (χ3n) is 3.74.